The van der Waals surface area contributed by atoms with Crippen LogP contribution in [0.1, 0.15) is 10.4 Å². The van der Waals surface area contributed by atoms with Gasteiger partial charge in [-0.1, -0.05) is 12.1 Å². The zero-order valence-electron chi connectivity index (χ0n) is 16.3. The number of hydroxylamine groups is 1. The van der Waals surface area contributed by atoms with E-state index in [9.17, 15) is 17.6 Å². The number of halogens is 1. The van der Waals surface area contributed by atoms with Crippen LogP contribution in [0.25, 0.3) is 22.0 Å². The first kappa shape index (κ1) is 20.6. The molecule has 3 N–H and O–H groups in total. The van der Waals surface area contributed by atoms with Crippen LogP contribution in [0.5, 0.6) is 0 Å². The Kier molecular flexibility index (Phi) is 5.22. The highest BCUT2D eigenvalue weighted by atomic mass is 32.2. The minimum atomic E-state index is -3.91. The van der Waals surface area contributed by atoms with Crippen molar-refractivity contribution in [2.24, 2.45) is 7.05 Å². The van der Waals surface area contributed by atoms with Crippen molar-refractivity contribution in [1.29, 1.82) is 0 Å². The molecule has 0 bridgehead atoms. The molecular weight excluding hydrogens is 421 g/mol. The average Bonchev–Trinajstić information content (AvgIpc) is 3.09. The number of carbonyl (C=O) groups is 1. The van der Waals surface area contributed by atoms with Crippen molar-refractivity contribution in [3.63, 3.8) is 0 Å². The number of anilines is 1. The number of aryl methyl sites for hydroxylation is 1. The summed E-state index contributed by atoms with van der Waals surface area (Å²) in [7, 11) is -2.03. The Morgan fingerprint density at radius 1 is 1.00 bits per heavy atom. The van der Waals surface area contributed by atoms with Crippen LogP contribution in [0.15, 0.2) is 77.8 Å². The Morgan fingerprint density at radius 3 is 2.32 bits per heavy atom. The Bertz CT molecular complexity index is 1380. The molecule has 4 rings (SSSR count). The third-order valence-electron chi connectivity index (χ3n) is 4.93. The first-order valence-corrected chi connectivity index (χ1v) is 10.7. The smallest absolute Gasteiger partial charge is 0.274 e. The van der Waals surface area contributed by atoms with Gasteiger partial charge in [-0.15, -0.1) is 0 Å². The van der Waals surface area contributed by atoms with E-state index < -0.39 is 15.9 Å². The third-order valence-corrected chi connectivity index (χ3v) is 6.32. The lowest BCUT2D eigenvalue weighted by atomic mass is 10.0. The molecule has 0 unspecified atom stereocenters. The van der Waals surface area contributed by atoms with Crippen LogP contribution in [0, 0.1) is 5.82 Å². The summed E-state index contributed by atoms with van der Waals surface area (Å²) in [5.74, 6) is -1.07. The first-order chi connectivity index (χ1) is 14.8. The van der Waals surface area contributed by atoms with Crippen LogP contribution in [0.2, 0.25) is 0 Å². The highest BCUT2D eigenvalue weighted by Crippen LogP contribution is 2.32. The number of hydrogen-bond donors (Lipinski definition) is 3. The minimum Gasteiger partial charge on any atom is -0.350 e. The van der Waals surface area contributed by atoms with Crippen LogP contribution < -0.4 is 10.2 Å². The van der Waals surface area contributed by atoms with Crippen LogP contribution in [-0.4, -0.2) is 24.1 Å². The molecule has 158 valence electrons. The summed E-state index contributed by atoms with van der Waals surface area (Å²) >= 11 is 0. The minimum absolute atomic E-state index is 0.0334. The van der Waals surface area contributed by atoms with E-state index in [-0.39, 0.29) is 16.3 Å². The number of amides is 1. The van der Waals surface area contributed by atoms with E-state index in [0.29, 0.717) is 5.69 Å². The zero-order chi connectivity index (χ0) is 22.2. The number of hydrogen-bond acceptors (Lipinski definition) is 4. The third kappa shape index (κ3) is 4.00. The number of fused-ring (bicyclic) bond motifs is 1. The van der Waals surface area contributed by atoms with Crippen molar-refractivity contribution < 1.29 is 22.8 Å². The van der Waals surface area contributed by atoms with E-state index in [1.54, 1.807) is 30.3 Å². The van der Waals surface area contributed by atoms with Gasteiger partial charge in [-0.2, -0.15) is 0 Å². The molecule has 4 aromatic rings. The first-order valence-electron chi connectivity index (χ1n) is 9.21. The van der Waals surface area contributed by atoms with Crippen LogP contribution in [0.3, 0.4) is 0 Å². The van der Waals surface area contributed by atoms with Crippen LogP contribution in [-0.2, 0) is 17.1 Å². The molecule has 0 aliphatic heterocycles. The second kappa shape index (κ2) is 7.86. The molecule has 1 amide bonds. The number of benzene rings is 3. The quantitative estimate of drug-likeness (QED) is 0.324. The van der Waals surface area contributed by atoms with Gasteiger partial charge in [0.05, 0.1) is 4.90 Å². The fourth-order valence-corrected chi connectivity index (χ4v) is 4.43. The van der Waals surface area contributed by atoms with Crippen molar-refractivity contribution in [1.82, 2.24) is 10.0 Å². The van der Waals surface area contributed by atoms with E-state index >= 15 is 0 Å². The number of nitrogens with one attached hydrogen (secondary N) is 2. The number of rotatable bonds is 5. The van der Waals surface area contributed by atoms with E-state index in [1.807, 2.05) is 17.8 Å². The van der Waals surface area contributed by atoms with Gasteiger partial charge in [-0.3, -0.25) is 14.7 Å². The predicted molar refractivity (Wildman–Crippen MR) is 115 cm³/mol. The molecule has 0 fully saturated rings. The summed E-state index contributed by atoms with van der Waals surface area (Å²) < 4.78 is 43.3. The largest absolute Gasteiger partial charge is 0.350 e. The number of aromatic nitrogens is 1. The Hall–Kier alpha value is -3.69. The van der Waals surface area contributed by atoms with Crippen molar-refractivity contribution in [2.45, 2.75) is 4.90 Å². The molecule has 1 heterocycles. The molecule has 0 radical (unpaired) electrons. The van der Waals surface area contributed by atoms with Crippen molar-refractivity contribution in [3.05, 3.63) is 84.3 Å². The maximum atomic E-state index is 13.3. The highest BCUT2D eigenvalue weighted by Gasteiger charge is 2.17. The van der Waals surface area contributed by atoms with Gasteiger partial charge in [-0.25, -0.2) is 18.3 Å². The fourth-order valence-electron chi connectivity index (χ4n) is 3.38. The standard InChI is InChI=1S/C22H18FN3O4S/c1-26-13-20(14-2-6-16(23)7-3-14)19-12-17(8-11-21(19)26)25-31(29,30)18-9-4-15(5-10-18)22(27)24-28/h2-13,25,28H,1H3,(H,24,27). The normalized spacial score (nSPS) is 11.5. The number of sulfonamides is 1. The zero-order valence-corrected chi connectivity index (χ0v) is 17.2. The molecular formula is C22H18FN3O4S. The fraction of sp³-hybridized carbons (Fsp3) is 0.0455. The van der Waals surface area contributed by atoms with Gasteiger partial charge >= 0.3 is 0 Å². The molecule has 0 saturated carbocycles. The van der Waals surface area contributed by atoms with Gasteiger partial charge < -0.3 is 4.57 Å². The van der Waals surface area contributed by atoms with Gasteiger partial charge in [0.25, 0.3) is 15.9 Å². The van der Waals surface area contributed by atoms with E-state index in [4.69, 9.17) is 5.21 Å². The van der Waals surface area contributed by atoms with Crippen molar-refractivity contribution in [2.75, 3.05) is 4.72 Å². The number of carbonyl (C=O) groups excluding carboxylic acids is 1. The topological polar surface area (TPSA) is 100 Å². The lowest BCUT2D eigenvalue weighted by molar-refractivity contribution is 0.0706. The second-order valence-electron chi connectivity index (χ2n) is 6.96. The summed E-state index contributed by atoms with van der Waals surface area (Å²) in [4.78, 5) is 11.4. The maximum absolute atomic E-state index is 13.3. The predicted octanol–water partition coefficient (Wildman–Crippen LogP) is 3.90. The molecule has 0 spiro atoms. The van der Waals surface area contributed by atoms with Crippen molar-refractivity contribution >= 4 is 32.5 Å². The highest BCUT2D eigenvalue weighted by molar-refractivity contribution is 7.92. The molecule has 0 aliphatic carbocycles. The van der Waals surface area contributed by atoms with E-state index in [1.165, 1.54) is 41.9 Å². The molecule has 0 saturated heterocycles. The monoisotopic (exact) mass is 439 g/mol. The summed E-state index contributed by atoms with van der Waals surface area (Å²) in [5, 5.41) is 9.48. The maximum Gasteiger partial charge on any atom is 0.274 e. The molecule has 31 heavy (non-hydrogen) atoms. The molecule has 0 atom stereocenters. The lowest BCUT2D eigenvalue weighted by Crippen LogP contribution is -2.19. The van der Waals surface area contributed by atoms with Gasteiger partial charge in [0, 0.05) is 41.0 Å². The van der Waals surface area contributed by atoms with Crippen molar-refractivity contribution in [3.8, 4) is 11.1 Å². The Balaban J connectivity index is 1.69. The molecule has 9 heteroatoms. The van der Waals surface area contributed by atoms with Gasteiger partial charge in [0.15, 0.2) is 0 Å². The van der Waals surface area contributed by atoms with E-state index in [0.717, 1.165) is 22.0 Å². The van der Waals surface area contributed by atoms with Gasteiger partial charge in [0.1, 0.15) is 5.82 Å². The summed E-state index contributed by atoms with van der Waals surface area (Å²) in [6.45, 7) is 0. The van der Waals surface area contributed by atoms with Crippen LogP contribution in [0.4, 0.5) is 10.1 Å². The SMILES string of the molecule is Cn1cc(-c2ccc(F)cc2)c2cc(NS(=O)(=O)c3ccc(C(=O)NO)cc3)ccc21. The molecule has 0 aliphatic rings. The Labute approximate surface area is 177 Å². The second-order valence-corrected chi connectivity index (χ2v) is 8.65. The Morgan fingerprint density at radius 2 is 1.68 bits per heavy atom. The van der Waals surface area contributed by atoms with Gasteiger partial charge in [-0.05, 0) is 60.2 Å². The van der Waals surface area contributed by atoms with E-state index in [2.05, 4.69) is 4.72 Å². The summed E-state index contributed by atoms with van der Waals surface area (Å²) in [6, 6.07) is 16.4. The van der Waals surface area contributed by atoms with Gasteiger partial charge in [0.2, 0.25) is 0 Å². The lowest BCUT2D eigenvalue weighted by Gasteiger charge is -2.10. The molecule has 7 nitrogen and oxygen atoms in total. The average molecular weight is 439 g/mol. The van der Waals surface area contributed by atoms with Crippen LogP contribution >= 0.6 is 0 Å². The molecule has 1 aromatic heterocycles. The molecule has 3 aromatic carbocycles. The number of nitrogens with zero attached hydrogens (tertiary/aromatic N) is 1. The summed E-state index contributed by atoms with van der Waals surface area (Å²) in [6.07, 6.45) is 1.90. The summed E-state index contributed by atoms with van der Waals surface area (Å²) in [5.41, 5.74) is 4.52.